The summed E-state index contributed by atoms with van der Waals surface area (Å²) in [5.41, 5.74) is 1.06. The highest BCUT2D eigenvalue weighted by molar-refractivity contribution is 6.46. The number of fused-ring (bicyclic) bond motifs is 1. The second-order valence-corrected chi connectivity index (χ2v) is 7.09. The van der Waals surface area contributed by atoms with Crippen LogP contribution in [0, 0.1) is 0 Å². The Morgan fingerprint density at radius 1 is 1.13 bits per heavy atom. The predicted molar refractivity (Wildman–Crippen MR) is 110 cm³/mol. The number of ether oxygens (including phenoxy) is 3. The third-order valence-electron chi connectivity index (χ3n) is 5.25. The van der Waals surface area contributed by atoms with Crippen LogP contribution in [0.2, 0.25) is 0 Å². The van der Waals surface area contributed by atoms with E-state index < -0.39 is 17.7 Å². The van der Waals surface area contributed by atoms with Gasteiger partial charge < -0.3 is 24.2 Å². The molecule has 4 rings (SSSR count). The molecule has 30 heavy (non-hydrogen) atoms. The Bertz CT molecular complexity index is 1030. The Balaban J connectivity index is 1.88. The van der Waals surface area contributed by atoms with Crippen molar-refractivity contribution in [1.29, 1.82) is 0 Å². The maximum Gasteiger partial charge on any atom is 0.295 e. The molecule has 1 saturated heterocycles. The van der Waals surface area contributed by atoms with Gasteiger partial charge in [-0.05, 0) is 30.7 Å². The zero-order valence-electron chi connectivity index (χ0n) is 16.9. The van der Waals surface area contributed by atoms with Gasteiger partial charge in [0.25, 0.3) is 11.7 Å². The zero-order chi connectivity index (χ0) is 21.3. The Morgan fingerprint density at radius 3 is 2.60 bits per heavy atom. The molecule has 0 aliphatic carbocycles. The second-order valence-electron chi connectivity index (χ2n) is 7.09. The number of hydrogen-bond donors (Lipinski definition) is 1. The zero-order valence-corrected chi connectivity index (χ0v) is 16.9. The summed E-state index contributed by atoms with van der Waals surface area (Å²) in [4.78, 5) is 27.3. The Hall–Kier alpha value is -3.48. The standard InChI is InChI=1S/C23H23NO6/c1-3-10-24-20(15-6-4-5-7-16(15)28-2)19(22(26)23(24)27)21(25)14-8-9-17-18(13-14)30-12-11-29-17/h4-9,13,20,25H,3,10-12H2,1-2H3/b21-19+. The quantitative estimate of drug-likeness (QED) is 0.463. The number of benzene rings is 2. The van der Waals surface area contributed by atoms with E-state index in [-0.39, 0.29) is 11.3 Å². The molecule has 1 amide bonds. The van der Waals surface area contributed by atoms with E-state index in [1.807, 2.05) is 19.1 Å². The Kier molecular flexibility index (Phi) is 5.35. The first-order valence-electron chi connectivity index (χ1n) is 9.88. The number of carbonyl (C=O) groups excluding carboxylic acids is 2. The summed E-state index contributed by atoms with van der Waals surface area (Å²) in [5, 5.41) is 11.1. The maximum absolute atomic E-state index is 13.0. The number of rotatable bonds is 5. The van der Waals surface area contributed by atoms with Crippen LogP contribution in [0.25, 0.3) is 5.76 Å². The highest BCUT2D eigenvalue weighted by Crippen LogP contribution is 2.43. The number of hydrogen-bond acceptors (Lipinski definition) is 6. The first-order chi connectivity index (χ1) is 14.6. The number of likely N-dealkylation sites (tertiary alicyclic amines) is 1. The van der Waals surface area contributed by atoms with Gasteiger partial charge in [0, 0.05) is 17.7 Å². The minimum Gasteiger partial charge on any atom is -0.507 e. The minimum absolute atomic E-state index is 0.0367. The highest BCUT2D eigenvalue weighted by atomic mass is 16.6. The van der Waals surface area contributed by atoms with E-state index in [0.29, 0.717) is 54.6 Å². The van der Waals surface area contributed by atoms with Crippen molar-refractivity contribution >= 4 is 17.4 Å². The van der Waals surface area contributed by atoms with E-state index in [9.17, 15) is 14.7 Å². The lowest BCUT2D eigenvalue weighted by atomic mass is 9.94. The van der Waals surface area contributed by atoms with E-state index in [1.165, 1.54) is 12.0 Å². The van der Waals surface area contributed by atoms with Crippen LogP contribution in [0.1, 0.15) is 30.5 Å². The molecule has 2 aliphatic heterocycles. The molecule has 1 unspecified atom stereocenters. The number of ketones is 1. The van der Waals surface area contributed by atoms with Crippen molar-refractivity contribution in [3.05, 3.63) is 59.2 Å². The second kappa shape index (κ2) is 8.10. The fourth-order valence-electron chi connectivity index (χ4n) is 3.91. The van der Waals surface area contributed by atoms with Crippen LogP contribution in [0.3, 0.4) is 0 Å². The molecule has 0 bridgehead atoms. The van der Waals surface area contributed by atoms with E-state index in [2.05, 4.69) is 0 Å². The van der Waals surface area contributed by atoms with Crippen molar-refractivity contribution in [2.24, 2.45) is 0 Å². The molecule has 2 aromatic carbocycles. The monoisotopic (exact) mass is 409 g/mol. The van der Waals surface area contributed by atoms with Gasteiger partial charge in [-0.15, -0.1) is 0 Å². The molecule has 1 fully saturated rings. The molecule has 7 heteroatoms. The molecule has 156 valence electrons. The van der Waals surface area contributed by atoms with Crippen molar-refractivity contribution in [3.8, 4) is 17.2 Å². The lowest BCUT2D eigenvalue weighted by Gasteiger charge is -2.26. The van der Waals surface area contributed by atoms with E-state index >= 15 is 0 Å². The third-order valence-corrected chi connectivity index (χ3v) is 5.25. The number of aliphatic hydroxyl groups excluding tert-OH is 1. The van der Waals surface area contributed by atoms with Gasteiger partial charge in [0.2, 0.25) is 0 Å². The first kappa shape index (κ1) is 19.8. The van der Waals surface area contributed by atoms with Gasteiger partial charge in [-0.2, -0.15) is 0 Å². The molecule has 2 heterocycles. The number of aliphatic hydroxyl groups is 1. The summed E-state index contributed by atoms with van der Waals surface area (Å²) in [5.74, 6) is 0.00412. The summed E-state index contributed by atoms with van der Waals surface area (Å²) < 4.78 is 16.6. The fourth-order valence-corrected chi connectivity index (χ4v) is 3.91. The SMILES string of the molecule is CCCN1C(=O)C(=O)/C(=C(/O)c2ccc3c(c2)OCCO3)C1c1ccccc1OC. The number of carbonyl (C=O) groups is 2. The maximum atomic E-state index is 13.0. The summed E-state index contributed by atoms with van der Waals surface area (Å²) >= 11 is 0. The molecule has 2 aliphatic rings. The lowest BCUT2D eigenvalue weighted by molar-refractivity contribution is -0.139. The number of methoxy groups -OCH3 is 1. The normalized spacial score (nSPS) is 19.8. The van der Waals surface area contributed by atoms with Crippen molar-refractivity contribution in [2.45, 2.75) is 19.4 Å². The van der Waals surface area contributed by atoms with Gasteiger partial charge >= 0.3 is 0 Å². The van der Waals surface area contributed by atoms with Crippen LogP contribution in [0.15, 0.2) is 48.0 Å². The average molecular weight is 409 g/mol. The molecule has 0 spiro atoms. The van der Waals surface area contributed by atoms with E-state index in [4.69, 9.17) is 14.2 Å². The number of Topliss-reactive ketones (excluding diaryl/α,β-unsaturated/α-hetero) is 1. The van der Waals surface area contributed by atoms with Crippen molar-refractivity contribution in [3.63, 3.8) is 0 Å². The average Bonchev–Trinajstić information content (AvgIpc) is 3.03. The van der Waals surface area contributed by atoms with Gasteiger partial charge in [0.05, 0.1) is 18.7 Å². The number of nitrogens with zero attached hydrogens (tertiary/aromatic N) is 1. The molecular formula is C23H23NO6. The fraction of sp³-hybridized carbons (Fsp3) is 0.304. The van der Waals surface area contributed by atoms with Gasteiger partial charge in [-0.1, -0.05) is 25.1 Å². The molecule has 2 aromatic rings. The minimum atomic E-state index is -0.741. The van der Waals surface area contributed by atoms with E-state index in [0.717, 1.165) is 0 Å². The molecule has 1 atom stereocenters. The first-order valence-corrected chi connectivity index (χ1v) is 9.88. The Labute approximate surface area is 174 Å². The molecule has 0 saturated carbocycles. The topological polar surface area (TPSA) is 85.3 Å². The smallest absolute Gasteiger partial charge is 0.295 e. The summed E-state index contributed by atoms with van der Waals surface area (Å²) in [6.07, 6.45) is 0.669. The van der Waals surface area contributed by atoms with Gasteiger partial charge in [0.15, 0.2) is 11.5 Å². The summed E-state index contributed by atoms with van der Waals surface area (Å²) in [6.45, 7) is 3.16. The molecule has 0 aromatic heterocycles. The van der Waals surface area contributed by atoms with Crippen molar-refractivity contribution < 1.29 is 28.9 Å². The van der Waals surface area contributed by atoms with Crippen LogP contribution >= 0.6 is 0 Å². The Morgan fingerprint density at radius 2 is 1.87 bits per heavy atom. The summed E-state index contributed by atoms with van der Waals surface area (Å²) in [6, 6.07) is 11.4. The van der Waals surface area contributed by atoms with Crippen LogP contribution in [0.4, 0.5) is 0 Å². The molecule has 1 N–H and O–H groups in total. The summed E-state index contributed by atoms with van der Waals surface area (Å²) in [7, 11) is 1.53. The third kappa shape index (κ3) is 3.26. The van der Waals surface area contributed by atoms with E-state index in [1.54, 1.807) is 30.3 Å². The lowest BCUT2D eigenvalue weighted by Crippen LogP contribution is -2.30. The molecule has 7 nitrogen and oxygen atoms in total. The highest BCUT2D eigenvalue weighted by Gasteiger charge is 2.46. The number of amides is 1. The molecule has 0 radical (unpaired) electrons. The largest absolute Gasteiger partial charge is 0.507 e. The van der Waals surface area contributed by atoms with Crippen molar-refractivity contribution in [2.75, 3.05) is 26.9 Å². The van der Waals surface area contributed by atoms with Crippen LogP contribution in [-0.2, 0) is 9.59 Å². The van der Waals surface area contributed by atoms with Gasteiger partial charge in [-0.3, -0.25) is 9.59 Å². The van der Waals surface area contributed by atoms with Crippen LogP contribution < -0.4 is 14.2 Å². The number of para-hydroxylation sites is 1. The molecular weight excluding hydrogens is 386 g/mol. The van der Waals surface area contributed by atoms with Crippen LogP contribution in [-0.4, -0.2) is 48.6 Å². The van der Waals surface area contributed by atoms with Crippen LogP contribution in [0.5, 0.6) is 17.2 Å². The van der Waals surface area contributed by atoms with Gasteiger partial charge in [-0.25, -0.2) is 0 Å². The van der Waals surface area contributed by atoms with Crippen molar-refractivity contribution in [1.82, 2.24) is 4.90 Å². The predicted octanol–water partition coefficient (Wildman–Crippen LogP) is 3.30. The van der Waals surface area contributed by atoms with Gasteiger partial charge in [0.1, 0.15) is 24.7 Å².